The zero-order valence-corrected chi connectivity index (χ0v) is 6.84. The monoisotopic (exact) mass is 185 g/mol. The number of benzene rings is 1. The Hall–Kier alpha value is -1.17. The highest BCUT2D eigenvalue weighted by Gasteiger charge is 1.96. The minimum atomic E-state index is 0.0144. The summed E-state index contributed by atoms with van der Waals surface area (Å²) in [5, 5.41) is 12.8. The van der Waals surface area contributed by atoms with Crippen LogP contribution in [0, 0.1) is 0 Å². The molecule has 0 radical (unpaired) electrons. The number of hydrogen-bond acceptors (Lipinski definition) is 4. The molecular formula is C7H7NO3S. The molecule has 0 saturated heterocycles. The Labute approximate surface area is 71.8 Å². The fraction of sp³-hybridized carbons (Fsp3) is 0. The van der Waals surface area contributed by atoms with Gasteiger partial charge in [0.15, 0.2) is 0 Å². The molecule has 12 heavy (non-hydrogen) atoms. The van der Waals surface area contributed by atoms with Gasteiger partial charge in [0.1, 0.15) is 0 Å². The SMILES string of the molecule is O=c1[nH]sc2ccccc12.OO. The average molecular weight is 185 g/mol. The molecule has 0 saturated carbocycles. The van der Waals surface area contributed by atoms with Crippen LogP contribution in [-0.2, 0) is 0 Å². The molecule has 0 amide bonds. The van der Waals surface area contributed by atoms with Crippen LogP contribution in [0.25, 0.3) is 10.1 Å². The summed E-state index contributed by atoms with van der Waals surface area (Å²) in [7, 11) is 0. The van der Waals surface area contributed by atoms with E-state index in [9.17, 15) is 4.79 Å². The number of aromatic amines is 1. The van der Waals surface area contributed by atoms with Gasteiger partial charge in [-0.05, 0) is 12.1 Å². The first-order valence-electron chi connectivity index (χ1n) is 3.14. The third-order valence-electron chi connectivity index (χ3n) is 1.39. The minimum Gasteiger partial charge on any atom is -0.277 e. The summed E-state index contributed by atoms with van der Waals surface area (Å²) < 4.78 is 3.68. The summed E-state index contributed by atoms with van der Waals surface area (Å²) in [6.45, 7) is 0. The van der Waals surface area contributed by atoms with Gasteiger partial charge >= 0.3 is 0 Å². The number of nitrogens with one attached hydrogen (secondary N) is 1. The summed E-state index contributed by atoms with van der Waals surface area (Å²) in [5.41, 5.74) is 0.0144. The molecule has 0 unspecified atom stereocenters. The first kappa shape index (κ1) is 8.92. The standard InChI is InChI=1S/C7H5NOS.H2O2/c9-7-5-3-1-2-4-6(5)10-8-7;1-2/h1-4H,(H,8,9);1-2H. The molecule has 1 aromatic heterocycles. The van der Waals surface area contributed by atoms with E-state index in [4.69, 9.17) is 10.5 Å². The second kappa shape index (κ2) is 4.01. The maximum absolute atomic E-state index is 10.9. The lowest BCUT2D eigenvalue weighted by molar-refractivity contribution is -0.176. The lowest BCUT2D eigenvalue weighted by Crippen LogP contribution is -1.94. The van der Waals surface area contributed by atoms with Gasteiger partial charge in [0.2, 0.25) is 0 Å². The number of fused-ring (bicyclic) bond motifs is 1. The Morgan fingerprint density at radius 2 is 1.92 bits per heavy atom. The van der Waals surface area contributed by atoms with Gasteiger partial charge in [-0.15, -0.1) is 0 Å². The fourth-order valence-corrected chi connectivity index (χ4v) is 1.63. The molecule has 64 valence electrons. The predicted molar refractivity (Wildman–Crippen MR) is 47.7 cm³/mol. The molecule has 0 spiro atoms. The van der Waals surface area contributed by atoms with E-state index in [0.29, 0.717) is 0 Å². The van der Waals surface area contributed by atoms with Gasteiger partial charge in [-0.3, -0.25) is 19.7 Å². The van der Waals surface area contributed by atoms with Gasteiger partial charge in [-0.1, -0.05) is 23.7 Å². The quantitative estimate of drug-likeness (QED) is 0.431. The maximum Gasteiger partial charge on any atom is 0.265 e. The van der Waals surface area contributed by atoms with Crippen LogP contribution in [-0.4, -0.2) is 14.9 Å². The maximum atomic E-state index is 10.9. The van der Waals surface area contributed by atoms with Crippen LogP contribution in [0.1, 0.15) is 0 Å². The zero-order valence-electron chi connectivity index (χ0n) is 6.02. The van der Waals surface area contributed by atoms with Crippen LogP contribution in [0.2, 0.25) is 0 Å². The van der Waals surface area contributed by atoms with Gasteiger partial charge in [-0.2, -0.15) is 0 Å². The van der Waals surface area contributed by atoms with Gasteiger partial charge in [0.05, 0.1) is 10.1 Å². The van der Waals surface area contributed by atoms with Crippen molar-refractivity contribution in [2.45, 2.75) is 0 Å². The normalized spacial score (nSPS) is 9.17. The van der Waals surface area contributed by atoms with E-state index in [-0.39, 0.29) is 5.56 Å². The molecule has 3 N–H and O–H groups in total. The predicted octanol–water partition coefficient (Wildman–Crippen LogP) is 1.61. The third kappa shape index (κ3) is 1.53. The van der Waals surface area contributed by atoms with Crippen molar-refractivity contribution in [2.24, 2.45) is 0 Å². The van der Waals surface area contributed by atoms with Crippen molar-refractivity contribution in [3.05, 3.63) is 34.6 Å². The molecule has 0 fully saturated rings. The molecular weight excluding hydrogens is 178 g/mol. The van der Waals surface area contributed by atoms with E-state index >= 15 is 0 Å². The van der Waals surface area contributed by atoms with Gasteiger partial charge in [0, 0.05) is 0 Å². The molecule has 1 heterocycles. The molecule has 2 rings (SSSR count). The Morgan fingerprint density at radius 1 is 1.25 bits per heavy atom. The van der Waals surface area contributed by atoms with Gasteiger partial charge < -0.3 is 0 Å². The average Bonchev–Trinajstić information content (AvgIpc) is 2.53. The molecule has 1 aromatic carbocycles. The molecule has 4 nitrogen and oxygen atoms in total. The Bertz CT molecular complexity index is 406. The molecule has 5 heteroatoms. The summed E-state index contributed by atoms with van der Waals surface area (Å²) in [4.78, 5) is 10.9. The topological polar surface area (TPSA) is 73.3 Å². The molecule has 0 aliphatic rings. The second-order valence-corrected chi connectivity index (χ2v) is 2.88. The molecule has 2 aromatic rings. The molecule has 0 atom stereocenters. The molecule has 0 aliphatic heterocycles. The van der Waals surface area contributed by atoms with Crippen LogP contribution in [0.3, 0.4) is 0 Å². The van der Waals surface area contributed by atoms with Crippen molar-refractivity contribution in [1.82, 2.24) is 4.37 Å². The highest BCUT2D eigenvalue weighted by atomic mass is 32.1. The van der Waals surface area contributed by atoms with Crippen molar-refractivity contribution in [3.8, 4) is 0 Å². The van der Waals surface area contributed by atoms with E-state index < -0.39 is 0 Å². The van der Waals surface area contributed by atoms with E-state index in [2.05, 4.69) is 4.37 Å². The first-order valence-corrected chi connectivity index (χ1v) is 3.96. The summed E-state index contributed by atoms with van der Waals surface area (Å²) >= 11 is 1.38. The van der Waals surface area contributed by atoms with E-state index in [1.165, 1.54) is 11.5 Å². The van der Waals surface area contributed by atoms with Crippen LogP contribution in [0.15, 0.2) is 29.1 Å². The smallest absolute Gasteiger partial charge is 0.265 e. The number of rotatable bonds is 0. The van der Waals surface area contributed by atoms with Crippen LogP contribution >= 0.6 is 11.5 Å². The van der Waals surface area contributed by atoms with Gasteiger partial charge in [0.25, 0.3) is 5.56 Å². The minimum absolute atomic E-state index is 0.0144. The van der Waals surface area contributed by atoms with Crippen LogP contribution in [0.5, 0.6) is 0 Å². The van der Waals surface area contributed by atoms with Crippen molar-refractivity contribution in [1.29, 1.82) is 0 Å². The fourth-order valence-electron chi connectivity index (χ4n) is 0.900. The second-order valence-electron chi connectivity index (χ2n) is 2.03. The van der Waals surface area contributed by atoms with Crippen molar-refractivity contribution in [2.75, 3.05) is 0 Å². The number of hydrogen-bond donors (Lipinski definition) is 3. The highest BCUT2D eigenvalue weighted by Crippen LogP contribution is 2.11. The molecule has 0 aliphatic carbocycles. The Balaban J connectivity index is 0.000000336. The van der Waals surface area contributed by atoms with Crippen LogP contribution < -0.4 is 5.56 Å². The lowest BCUT2D eigenvalue weighted by Gasteiger charge is -1.79. The highest BCUT2D eigenvalue weighted by molar-refractivity contribution is 7.13. The summed E-state index contributed by atoms with van der Waals surface area (Å²) in [6.07, 6.45) is 0. The summed E-state index contributed by atoms with van der Waals surface area (Å²) in [6, 6.07) is 7.54. The number of aromatic nitrogens is 1. The third-order valence-corrected chi connectivity index (χ3v) is 2.25. The van der Waals surface area contributed by atoms with Crippen LogP contribution in [0.4, 0.5) is 0 Å². The Morgan fingerprint density at radius 3 is 2.58 bits per heavy atom. The largest absolute Gasteiger partial charge is 0.277 e. The molecule has 0 bridgehead atoms. The zero-order chi connectivity index (χ0) is 8.97. The first-order chi connectivity index (χ1) is 5.88. The van der Waals surface area contributed by atoms with E-state index in [0.717, 1.165) is 10.1 Å². The van der Waals surface area contributed by atoms with Crippen molar-refractivity contribution < 1.29 is 10.5 Å². The lowest BCUT2D eigenvalue weighted by atomic mass is 10.3. The van der Waals surface area contributed by atoms with E-state index in [1.807, 2.05) is 24.3 Å². The van der Waals surface area contributed by atoms with Crippen molar-refractivity contribution in [3.63, 3.8) is 0 Å². The Kier molecular flexibility index (Phi) is 2.98. The summed E-state index contributed by atoms with van der Waals surface area (Å²) in [5.74, 6) is 0. The van der Waals surface area contributed by atoms with Gasteiger partial charge in [-0.25, -0.2) is 0 Å². The van der Waals surface area contributed by atoms with E-state index in [1.54, 1.807) is 0 Å². The number of H-pyrrole nitrogens is 1. The van der Waals surface area contributed by atoms with Crippen molar-refractivity contribution >= 4 is 21.6 Å².